The van der Waals surface area contributed by atoms with Crippen LogP contribution in [0.1, 0.15) is 43.7 Å². The van der Waals surface area contributed by atoms with Crippen molar-refractivity contribution in [1.82, 2.24) is 15.1 Å². The van der Waals surface area contributed by atoms with E-state index in [2.05, 4.69) is 33.4 Å². The molecule has 0 aromatic heterocycles. The molecule has 2 heterocycles. The number of carbonyl (C=O) groups is 2. The molecule has 1 aromatic rings. The van der Waals surface area contributed by atoms with Gasteiger partial charge in [0.2, 0.25) is 5.91 Å². The van der Waals surface area contributed by atoms with Gasteiger partial charge >= 0.3 is 6.03 Å². The van der Waals surface area contributed by atoms with Crippen molar-refractivity contribution in [3.63, 3.8) is 0 Å². The highest BCUT2D eigenvalue weighted by atomic mass is 79.9. The number of hydrogen-bond acceptors (Lipinski definition) is 2. The normalized spacial score (nSPS) is 21.0. The van der Waals surface area contributed by atoms with Gasteiger partial charge in [-0.05, 0) is 49.8 Å². The summed E-state index contributed by atoms with van der Waals surface area (Å²) in [7, 11) is 0. The monoisotopic (exact) mass is 393 g/mol. The molecule has 2 aliphatic rings. The summed E-state index contributed by atoms with van der Waals surface area (Å²) in [4.78, 5) is 28.4. The Hall–Kier alpha value is -1.56. The van der Waals surface area contributed by atoms with Gasteiger partial charge in [-0.1, -0.05) is 28.1 Å². The zero-order chi connectivity index (χ0) is 16.9. The molecule has 0 spiro atoms. The van der Waals surface area contributed by atoms with Crippen LogP contribution in [0, 0.1) is 0 Å². The first-order chi connectivity index (χ1) is 11.6. The molecule has 1 N–H and O–H groups in total. The number of hydrogen-bond donors (Lipinski definition) is 1. The highest BCUT2D eigenvalue weighted by molar-refractivity contribution is 9.10. The maximum absolute atomic E-state index is 12.5. The molecular weight excluding hydrogens is 370 g/mol. The van der Waals surface area contributed by atoms with Crippen LogP contribution in [0.3, 0.4) is 0 Å². The summed E-state index contributed by atoms with van der Waals surface area (Å²) < 4.78 is 1.03. The van der Waals surface area contributed by atoms with Gasteiger partial charge in [-0.3, -0.25) is 4.79 Å². The van der Waals surface area contributed by atoms with Crippen molar-refractivity contribution >= 4 is 27.9 Å². The van der Waals surface area contributed by atoms with Crippen molar-refractivity contribution in [3.8, 4) is 0 Å². The Labute approximate surface area is 151 Å². The van der Waals surface area contributed by atoms with Gasteiger partial charge in [-0.25, -0.2) is 4.79 Å². The van der Waals surface area contributed by atoms with E-state index in [-0.39, 0.29) is 24.5 Å². The molecule has 2 aliphatic heterocycles. The number of rotatable bonds is 3. The predicted molar refractivity (Wildman–Crippen MR) is 96.7 cm³/mol. The molecule has 2 fully saturated rings. The summed E-state index contributed by atoms with van der Waals surface area (Å²) in [5.74, 6) is 0.0300. The van der Waals surface area contributed by atoms with Crippen LogP contribution in [-0.4, -0.2) is 47.9 Å². The lowest BCUT2D eigenvalue weighted by Crippen LogP contribution is -2.46. The van der Waals surface area contributed by atoms with Crippen molar-refractivity contribution in [2.75, 3.05) is 26.2 Å². The van der Waals surface area contributed by atoms with Crippen LogP contribution in [0.5, 0.6) is 0 Å². The van der Waals surface area contributed by atoms with Crippen molar-refractivity contribution < 1.29 is 9.59 Å². The summed E-state index contributed by atoms with van der Waals surface area (Å²) in [5.41, 5.74) is 1.15. The van der Waals surface area contributed by atoms with E-state index in [9.17, 15) is 9.59 Å². The molecule has 3 amide bonds. The minimum atomic E-state index is -0.134. The highest BCUT2D eigenvalue weighted by Gasteiger charge is 2.30. The fourth-order valence-electron chi connectivity index (χ4n) is 3.55. The standard InChI is InChI=1S/C18H24BrN3O2/c19-15-8-6-14(7-9-15)16-5-4-12-22(16)18(24)20-13-17(23)21-10-2-1-3-11-21/h6-9,16H,1-5,10-13H2,(H,20,24)/t16-/m1/s1. The van der Waals surface area contributed by atoms with E-state index in [1.54, 1.807) is 0 Å². The number of nitrogens with one attached hydrogen (secondary N) is 1. The third kappa shape index (κ3) is 4.09. The molecule has 3 rings (SSSR count). The first-order valence-electron chi connectivity index (χ1n) is 8.73. The van der Waals surface area contributed by atoms with Crippen molar-refractivity contribution in [3.05, 3.63) is 34.3 Å². The van der Waals surface area contributed by atoms with Crippen LogP contribution in [0.4, 0.5) is 4.79 Å². The Balaban J connectivity index is 1.55. The zero-order valence-electron chi connectivity index (χ0n) is 13.8. The quantitative estimate of drug-likeness (QED) is 0.855. The van der Waals surface area contributed by atoms with Gasteiger partial charge in [-0.2, -0.15) is 0 Å². The lowest BCUT2D eigenvalue weighted by atomic mass is 10.1. The number of piperidine rings is 1. The zero-order valence-corrected chi connectivity index (χ0v) is 15.4. The number of amides is 3. The van der Waals surface area contributed by atoms with Crippen LogP contribution in [0.2, 0.25) is 0 Å². The van der Waals surface area contributed by atoms with E-state index in [4.69, 9.17) is 0 Å². The summed E-state index contributed by atoms with van der Waals surface area (Å²) in [5, 5.41) is 2.82. The summed E-state index contributed by atoms with van der Waals surface area (Å²) in [6.07, 6.45) is 5.29. The van der Waals surface area contributed by atoms with Crippen molar-refractivity contribution in [2.45, 2.75) is 38.1 Å². The number of likely N-dealkylation sites (tertiary alicyclic amines) is 2. The van der Waals surface area contributed by atoms with E-state index in [1.807, 2.05) is 21.9 Å². The van der Waals surface area contributed by atoms with Crippen LogP contribution in [0.15, 0.2) is 28.7 Å². The number of halogens is 1. The molecule has 0 aliphatic carbocycles. The fourth-order valence-corrected chi connectivity index (χ4v) is 3.81. The number of carbonyl (C=O) groups excluding carboxylic acids is 2. The van der Waals surface area contributed by atoms with Gasteiger partial charge in [0.1, 0.15) is 0 Å². The molecule has 0 unspecified atom stereocenters. The van der Waals surface area contributed by atoms with Crippen LogP contribution >= 0.6 is 15.9 Å². The lowest BCUT2D eigenvalue weighted by molar-refractivity contribution is -0.130. The molecule has 1 aromatic carbocycles. The Morgan fingerprint density at radius 3 is 2.46 bits per heavy atom. The minimum absolute atomic E-state index is 0.0300. The van der Waals surface area contributed by atoms with Crippen LogP contribution in [0.25, 0.3) is 0 Å². The average molecular weight is 394 g/mol. The van der Waals surface area contributed by atoms with E-state index in [0.717, 1.165) is 55.4 Å². The molecule has 6 heteroatoms. The van der Waals surface area contributed by atoms with E-state index in [0.29, 0.717) is 0 Å². The maximum atomic E-state index is 12.5. The summed E-state index contributed by atoms with van der Waals surface area (Å²) >= 11 is 3.44. The van der Waals surface area contributed by atoms with Gasteiger partial charge in [0.25, 0.3) is 0 Å². The second kappa shape index (κ2) is 8.01. The smallest absolute Gasteiger partial charge is 0.318 e. The summed E-state index contributed by atoms with van der Waals surface area (Å²) in [6.45, 7) is 2.48. The Kier molecular flexibility index (Phi) is 5.76. The van der Waals surface area contributed by atoms with Gasteiger partial charge in [0, 0.05) is 24.1 Å². The van der Waals surface area contributed by atoms with Gasteiger partial charge in [0.15, 0.2) is 0 Å². The first kappa shape index (κ1) is 17.3. The minimum Gasteiger partial charge on any atom is -0.341 e. The van der Waals surface area contributed by atoms with Gasteiger partial charge in [0.05, 0.1) is 12.6 Å². The molecule has 24 heavy (non-hydrogen) atoms. The SMILES string of the molecule is O=C(CNC(=O)N1CCC[C@@H]1c1ccc(Br)cc1)N1CCCCC1. The highest BCUT2D eigenvalue weighted by Crippen LogP contribution is 2.32. The molecular formula is C18H24BrN3O2. The van der Waals surface area contributed by atoms with Crippen LogP contribution in [-0.2, 0) is 4.79 Å². The second-order valence-corrected chi connectivity index (χ2v) is 7.42. The van der Waals surface area contributed by atoms with Crippen molar-refractivity contribution in [1.29, 1.82) is 0 Å². The van der Waals surface area contributed by atoms with E-state index >= 15 is 0 Å². The van der Waals surface area contributed by atoms with E-state index in [1.165, 1.54) is 6.42 Å². The molecule has 2 saturated heterocycles. The largest absolute Gasteiger partial charge is 0.341 e. The summed E-state index contributed by atoms with van der Waals surface area (Å²) in [6, 6.07) is 8.08. The predicted octanol–water partition coefficient (Wildman–Crippen LogP) is 3.31. The van der Waals surface area contributed by atoms with E-state index < -0.39 is 0 Å². The third-order valence-corrected chi connectivity index (χ3v) is 5.40. The lowest BCUT2D eigenvalue weighted by Gasteiger charge is -2.28. The molecule has 0 bridgehead atoms. The first-order valence-corrected chi connectivity index (χ1v) is 9.52. The number of nitrogens with zero attached hydrogens (tertiary/aromatic N) is 2. The average Bonchev–Trinajstić information content (AvgIpc) is 3.10. The van der Waals surface area contributed by atoms with Crippen LogP contribution < -0.4 is 5.32 Å². The number of urea groups is 1. The third-order valence-electron chi connectivity index (χ3n) is 4.87. The van der Waals surface area contributed by atoms with Gasteiger partial charge < -0.3 is 15.1 Å². The fraction of sp³-hybridized carbons (Fsp3) is 0.556. The Morgan fingerprint density at radius 2 is 1.75 bits per heavy atom. The van der Waals surface area contributed by atoms with Gasteiger partial charge in [-0.15, -0.1) is 0 Å². The molecule has 0 saturated carbocycles. The Bertz CT molecular complexity index is 584. The molecule has 130 valence electrons. The Morgan fingerprint density at radius 1 is 1.04 bits per heavy atom. The number of benzene rings is 1. The molecule has 0 radical (unpaired) electrons. The topological polar surface area (TPSA) is 52.7 Å². The second-order valence-electron chi connectivity index (χ2n) is 6.50. The van der Waals surface area contributed by atoms with Crippen molar-refractivity contribution in [2.24, 2.45) is 0 Å². The maximum Gasteiger partial charge on any atom is 0.318 e. The molecule has 1 atom stereocenters. The molecule has 5 nitrogen and oxygen atoms in total.